The lowest BCUT2D eigenvalue weighted by Gasteiger charge is -2.41. The van der Waals surface area contributed by atoms with E-state index in [9.17, 15) is 4.39 Å². The Labute approximate surface area is 125 Å². The van der Waals surface area contributed by atoms with Crippen LogP contribution in [0, 0.1) is 5.82 Å². The molecule has 0 bridgehead atoms. The fraction of sp³-hybridized carbons (Fsp3) is 0.625. The molecule has 0 aliphatic carbocycles. The van der Waals surface area contributed by atoms with E-state index in [0.29, 0.717) is 13.2 Å². The lowest BCUT2D eigenvalue weighted by molar-refractivity contribution is -0.0155. The Bertz CT molecular complexity index is 468. The first kappa shape index (κ1) is 16.0. The molecule has 1 aliphatic rings. The van der Waals surface area contributed by atoms with Gasteiger partial charge in [-0.25, -0.2) is 4.39 Å². The summed E-state index contributed by atoms with van der Waals surface area (Å²) in [4.78, 5) is 0. The highest BCUT2D eigenvalue weighted by atomic mass is 19.1. The molecule has 1 aliphatic heterocycles. The standard InChI is InChI=1S/C16H25FN2O2/c1-3-4-13-10-16(11-18,7-8-21-13)19-12-5-6-14(17)15(9-12)20-2/h5-6,9,13,19H,3-4,7-8,10-11,18H2,1-2H3. The topological polar surface area (TPSA) is 56.5 Å². The lowest BCUT2D eigenvalue weighted by Crippen LogP contribution is -2.52. The van der Waals surface area contributed by atoms with Crippen molar-refractivity contribution in [3.05, 3.63) is 24.0 Å². The Morgan fingerprint density at radius 2 is 2.33 bits per heavy atom. The monoisotopic (exact) mass is 296 g/mol. The highest BCUT2D eigenvalue weighted by molar-refractivity contribution is 5.51. The lowest BCUT2D eigenvalue weighted by atomic mass is 9.85. The second-order valence-corrected chi connectivity index (χ2v) is 5.69. The van der Waals surface area contributed by atoms with Gasteiger partial charge in [0, 0.05) is 24.9 Å². The predicted octanol–water partition coefficient (Wildman–Crippen LogP) is 2.92. The third kappa shape index (κ3) is 3.86. The maximum absolute atomic E-state index is 13.5. The van der Waals surface area contributed by atoms with Gasteiger partial charge >= 0.3 is 0 Å². The summed E-state index contributed by atoms with van der Waals surface area (Å²) >= 11 is 0. The van der Waals surface area contributed by atoms with E-state index < -0.39 is 0 Å². The molecule has 0 radical (unpaired) electrons. The second kappa shape index (κ2) is 7.09. The molecule has 1 saturated heterocycles. The van der Waals surface area contributed by atoms with Crippen LogP contribution in [0.2, 0.25) is 0 Å². The minimum atomic E-state index is -0.360. The van der Waals surface area contributed by atoms with E-state index in [1.54, 1.807) is 12.1 Å². The molecule has 5 heteroatoms. The molecule has 2 rings (SSSR count). The number of ether oxygens (including phenoxy) is 2. The summed E-state index contributed by atoms with van der Waals surface area (Å²) in [5, 5.41) is 3.48. The molecule has 1 aromatic rings. The number of benzene rings is 1. The Balaban J connectivity index is 2.14. The Kier molecular flexibility index (Phi) is 5.42. The van der Waals surface area contributed by atoms with Gasteiger partial charge in [0.2, 0.25) is 0 Å². The molecule has 21 heavy (non-hydrogen) atoms. The largest absolute Gasteiger partial charge is 0.494 e. The predicted molar refractivity (Wildman–Crippen MR) is 82.2 cm³/mol. The number of hydrogen-bond acceptors (Lipinski definition) is 4. The maximum atomic E-state index is 13.5. The molecule has 118 valence electrons. The molecule has 0 amide bonds. The summed E-state index contributed by atoms with van der Waals surface area (Å²) < 4.78 is 24.3. The van der Waals surface area contributed by atoms with Crippen LogP contribution in [0.25, 0.3) is 0 Å². The smallest absolute Gasteiger partial charge is 0.165 e. The van der Waals surface area contributed by atoms with Crippen LogP contribution >= 0.6 is 0 Å². The van der Waals surface area contributed by atoms with Crippen LogP contribution < -0.4 is 15.8 Å². The zero-order valence-electron chi connectivity index (χ0n) is 12.8. The average Bonchev–Trinajstić information content (AvgIpc) is 2.50. The fourth-order valence-electron chi connectivity index (χ4n) is 2.92. The Hall–Kier alpha value is -1.33. The van der Waals surface area contributed by atoms with Crippen LogP contribution in [0.5, 0.6) is 5.75 Å². The van der Waals surface area contributed by atoms with Gasteiger partial charge in [-0.1, -0.05) is 13.3 Å². The molecule has 1 aromatic carbocycles. The van der Waals surface area contributed by atoms with Gasteiger partial charge in [-0.05, 0) is 31.4 Å². The summed E-state index contributed by atoms with van der Waals surface area (Å²) in [7, 11) is 1.46. The van der Waals surface area contributed by atoms with Gasteiger partial charge in [-0.2, -0.15) is 0 Å². The summed E-state index contributed by atoms with van der Waals surface area (Å²) in [5.74, 6) is -0.120. The van der Waals surface area contributed by atoms with Gasteiger partial charge < -0.3 is 20.5 Å². The minimum Gasteiger partial charge on any atom is -0.494 e. The van der Waals surface area contributed by atoms with Crippen molar-refractivity contribution in [3.63, 3.8) is 0 Å². The normalized spacial score (nSPS) is 25.6. The summed E-state index contributed by atoms with van der Waals surface area (Å²) in [5.41, 5.74) is 6.66. The fourth-order valence-corrected chi connectivity index (χ4v) is 2.92. The van der Waals surface area contributed by atoms with Crippen LogP contribution in [0.15, 0.2) is 18.2 Å². The molecular formula is C16H25FN2O2. The molecule has 0 aromatic heterocycles. The molecule has 1 heterocycles. The molecule has 0 spiro atoms. The van der Waals surface area contributed by atoms with Gasteiger partial charge in [0.15, 0.2) is 11.6 Å². The summed E-state index contributed by atoms with van der Waals surface area (Å²) in [6.07, 6.45) is 4.09. The molecule has 4 nitrogen and oxygen atoms in total. The van der Waals surface area contributed by atoms with E-state index >= 15 is 0 Å². The van der Waals surface area contributed by atoms with Crippen molar-refractivity contribution < 1.29 is 13.9 Å². The molecular weight excluding hydrogens is 271 g/mol. The second-order valence-electron chi connectivity index (χ2n) is 5.69. The zero-order valence-corrected chi connectivity index (χ0v) is 12.8. The van der Waals surface area contributed by atoms with E-state index in [4.69, 9.17) is 15.2 Å². The van der Waals surface area contributed by atoms with Crippen molar-refractivity contribution in [1.82, 2.24) is 0 Å². The van der Waals surface area contributed by atoms with Gasteiger partial charge in [-0.15, -0.1) is 0 Å². The van der Waals surface area contributed by atoms with Crippen LogP contribution in [0.1, 0.15) is 32.6 Å². The van der Waals surface area contributed by atoms with Gasteiger partial charge in [0.1, 0.15) is 0 Å². The van der Waals surface area contributed by atoms with E-state index in [0.717, 1.165) is 31.4 Å². The van der Waals surface area contributed by atoms with E-state index in [1.807, 2.05) is 0 Å². The summed E-state index contributed by atoms with van der Waals surface area (Å²) in [6, 6.07) is 4.81. The zero-order chi connectivity index (χ0) is 15.3. The van der Waals surface area contributed by atoms with Crippen molar-refractivity contribution >= 4 is 5.69 Å². The number of nitrogens with two attached hydrogens (primary N) is 1. The third-order valence-corrected chi connectivity index (χ3v) is 4.11. The molecule has 2 unspecified atom stereocenters. The van der Waals surface area contributed by atoms with Gasteiger partial charge in [0.25, 0.3) is 0 Å². The first-order valence-corrected chi connectivity index (χ1v) is 7.56. The molecule has 1 fully saturated rings. The minimum absolute atomic E-state index is 0.194. The maximum Gasteiger partial charge on any atom is 0.165 e. The van der Waals surface area contributed by atoms with Crippen molar-refractivity contribution in [2.75, 3.05) is 25.6 Å². The van der Waals surface area contributed by atoms with Gasteiger partial charge in [0.05, 0.1) is 18.8 Å². The molecule has 2 atom stereocenters. The average molecular weight is 296 g/mol. The van der Waals surface area contributed by atoms with E-state index in [-0.39, 0.29) is 23.2 Å². The van der Waals surface area contributed by atoms with E-state index in [1.165, 1.54) is 13.2 Å². The number of hydrogen-bond donors (Lipinski definition) is 2. The van der Waals surface area contributed by atoms with Crippen molar-refractivity contribution in [2.45, 2.75) is 44.2 Å². The number of methoxy groups -OCH3 is 1. The van der Waals surface area contributed by atoms with Crippen LogP contribution in [0.3, 0.4) is 0 Å². The highest BCUT2D eigenvalue weighted by Crippen LogP contribution is 2.31. The third-order valence-electron chi connectivity index (χ3n) is 4.11. The summed E-state index contributed by atoms with van der Waals surface area (Å²) in [6.45, 7) is 3.38. The number of anilines is 1. The number of halogens is 1. The first-order valence-electron chi connectivity index (χ1n) is 7.56. The highest BCUT2D eigenvalue weighted by Gasteiger charge is 2.35. The quantitative estimate of drug-likeness (QED) is 0.847. The Morgan fingerprint density at radius 3 is 3.00 bits per heavy atom. The van der Waals surface area contributed by atoms with Crippen LogP contribution in [0.4, 0.5) is 10.1 Å². The first-order chi connectivity index (χ1) is 10.1. The van der Waals surface area contributed by atoms with Crippen molar-refractivity contribution in [2.24, 2.45) is 5.73 Å². The Morgan fingerprint density at radius 1 is 1.52 bits per heavy atom. The number of nitrogens with one attached hydrogen (secondary N) is 1. The van der Waals surface area contributed by atoms with Crippen LogP contribution in [-0.2, 0) is 4.74 Å². The number of rotatable bonds is 6. The van der Waals surface area contributed by atoms with Crippen molar-refractivity contribution in [1.29, 1.82) is 0 Å². The van der Waals surface area contributed by atoms with Crippen LogP contribution in [-0.4, -0.2) is 31.9 Å². The molecule has 3 N–H and O–H groups in total. The van der Waals surface area contributed by atoms with E-state index in [2.05, 4.69) is 12.2 Å². The SMILES string of the molecule is CCCC1CC(CN)(Nc2ccc(F)c(OC)c2)CCO1. The molecule has 0 saturated carbocycles. The van der Waals surface area contributed by atoms with Crippen molar-refractivity contribution in [3.8, 4) is 5.75 Å². The van der Waals surface area contributed by atoms with Gasteiger partial charge in [-0.3, -0.25) is 0 Å².